The van der Waals surface area contributed by atoms with Crippen LogP contribution in [0.4, 0.5) is 10.5 Å². The van der Waals surface area contributed by atoms with Gasteiger partial charge in [0.1, 0.15) is 29.9 Å². The van der Waals surface area contributed by atoms with E-state index in [0.29, 0.717) is 47.3 Å². The minimum Gasteiger partial charge on any atom is -0.459 e. The molecular formula is C50H55N3O12. The van der Waals surface area contributed by atoms with Crippen molar-refractivity contribution in [1.82, 2.24) is 4.90 Å². The third-order valence-electron chi connectivity index (χ3n) is 12.7. The Balaban J connectivity index is 1.32. The fourth-order valence-electron chi connectivity index (χ4n) is 9.92. The van der Waals surface area contributed by atoms with Crippen molar-refractivity contribution in [3.8, 4) is 28.7 Å². The normalized spacial score (nSPS) is 23.0. The number of benzene rings is 4. The van der Waals surface area contributed by atoms with Crippen molar-refractivity contribution < 1.29 is 53.2 Å². The molecule has 1 amide bonds. The standard InChI is InChI=1S/C50H55N3O12/c1-3-24-62-50-46(52(49(56)59-2)30-34-18-20-44-45(25-34)61-32-60-44)29-42(51-63-31-33-12-5-4-6-13-33)40-26-35(14-7-9-22-54)39(17-8-10-23-55)47(48(40)50)41-28-38(19-21-43(41)65-50)64-37-16-11-15-36(27-37)53(57)58/h3-6,11-13,15-16,18-21,25-28,35,39,46-48,54-55H,1,7-10,14,17,22-24,29-32H2,2H3. The van der Waals surface area contributed by atoms with E-state index in [4.69, 9.17) is 38.4 Å². The topological polar surface area (TPSA) is 181 Å². The summed E-state index contributed by atoms with van der Waals surface area (Å²) in [6.07, 6.45) is 7.67. The highest BCUT2D eigenvalue weighted by atomic mass is 16.7. The first-order valence-electron chi connectivity index (χ1n) is 22.2. The van der Waals surface area contributed by atoms with Gasteiger partial charge >= 0.3 is 6.09 Å². The summed E-state index contributed by atoms with van der Waals surface area (Å²) in [4.78, 5) is 33.4. The van der Waals surface area contributed by atoms with E-state index in [1.54, 1.807) is 29.2 Å². The van der Waals surface area contributed by atoms with E-state index in [1.807, 2.05) is 60.7 Å². The number of rotatable bonds is 20. The molecule has 1 fully saturated rings. The van der Waals surface area contributed by atoms with Gasteiger partial charge in [0.2, 0.25) is 12.6 Å². The smallest absolute Gasteiger partial charge is 0.410 e. The van der Waals surface area contributed by atoms with Crippen LogP contribution in [0, 0.1) is 27.9 Å². The molecule has 0 bridgehead atoms. The molecule has 2 aliphatic carbocycles. The van der Waals surface area contributed by atoms with E-state index in [2.05, 4.69) is 12.7 Å². The van der Waals surface area contributed by atoms with E-state index in [9.17, 15) is 25.1 Å². The molecule has 4 aromatic carbocycles. The molecule has 0 saturated heterocycles. The zero-order valence-electron chi connectivity index (χ0n) is 36.4. The minimum atomic E-state index is -1.55. The van der Waals surface area contributed by atoms with Crippen LogP contribution in [0.15, 0.2) is 120 Å². The van der Waals surface area contributed by atoms with Gasteiger partial charge in [-0.2, -0.15) is 0 Å². The van der Waals surface area contributed by atoms with Crippen LogP contribution in [0.2, 0.25) is 0 Å². The first-order chi connectivity index (χ1) is 31.8. The Morgan fingerprint density at radius 3 is 2.46 bits per heavy atom. The molecule has 15 heteroatoms. The second kappa shape index (κ2) is 20.6. The van der Waals surface area contributed by atoms with E-state index >= 15 is 0 Å². The van der Waals surface area contributed by atoms with Crippen LogP contribution in [-0.4, -0.2) is 77.4 Å². The van der Waals surface area contributed by atoms with Crippen molar-refractivity contribution in [2.24, 2.45) is 22.9 Å². The van der Waals surface area contributed by atoms with Crippen molar-refractivity contribution in [3.63, 3.8) is 0 Å². The molecule has 6 unspecified atom stereocenters. The second-order valence-electron chi connectivity index (χ2n) is 16.7. The van der Waals surface area contributed by atoms with Crippen LogP contribution >= 0.6 is 0 Å². The average molecular weight is 890 g/mol. The summed E-state index contributed by atoms with van der Waals surface area (Å²) in [5.74, 6) is -0.132. The third-order valence-corrected chi connectivity index (χ3v) is 12.7. The van der Waals surface area contributed by atoms with Crippen molar-refractivity contribution in [2.75, 3.05) is 33.7 Å². The van der Waals surface area contributed by atoms with Gasteiger partial charge in [0, 0.05) is 43.7 Å². The largest absolute Gasteiger partial charge is 0.459 e. The number of aliphatic hydroxyl groups excluding tert-OH is 2. The van der Waals surface area contributed by atoms with Gasteiger partial charge in [-0.15, -0.1) is 6.58 Å². The van der Waals surface area contributed by atoms with E-state index < -0.39 is 28.8 Å². The van der Waals surface area contributed by atoms with Crippen LogP contribution < -0.4 is 18.9 Å². The van der Waals surface area contributed by atoms with Gasteiger partial charge in [-0.25, -0.2) is 4.79 Å². The summed E-state index contributed by atoms with van der Waals surface area (Å²) < 4.78 is 37.6. The number of nitro benzene ring substituents is 1. The van der Waals surface area contributed by atoms with Crippen molar-refractivity contribution in [2.45, 2.75) is 75.8 Å². The third kappa shape index (κ3) is 9.68. The van der Waals surface area contributed by atoms with Crippen LogP contribution in [0.3, 0.4) is 0 Å². The molecule has 8 rings (SSSR count). The number of carbonyl (C=O) groups excluding carboxylic acids is 1. The Bertz CT molecular complexity index is 2390. The summed E-state index contributed by atoms with van der Waals surface area (Å²) in [6, 6.07) is 26.0. The maximum absolute atomic E-state index is 14.4. The highest BCUT2D eigenvalue weighted by Gasteiger charge is 2.65. The van der Waals surface area contributed by atoms with Crippen LogP contribution in [0.5, 0.6) is 28.7 Å². The Morgan fingerprint density at radius 1 is 0.923 bits per heavy atom. The van der Waals surface area contributed by atoms with E-state index in [-0.39, 0.29) is 69.6 Å². The maximum atomic E-state index is 14.4. The number of hydrogen-bond donors (Lipinski definition) is 2. The lowest BCUT2D eigenvalue weighted by molar-refractivity contribution is -0.384. The quantitative estimate of drug-likeness (QED) is 0.0372. The van der Waals surface area contributed by atoms with Gasteiger partial charge in [0.15, 0.2) is 11.5 Å². The number of methoxy groups -OCH3 is 1. The highest BCUT2D eigenvalue weighted by Crippen LogP contribution is 2.62. The highest BCUT2D eigenvalue weighted by molar-refractivity contribution is 6.03. The van der Waals surface area contributed by atoms with Crippen molar-refractivity contribution in [3.05, 3.63) is 142 Å². The summed E-state index contributed by atoms with van der Waals surface area (Å²) in [6.45, 7) is 4.56. The lowest BCUT2D eigenvalue weighted by atomic mass is 9.55. The van der Waals surface area contributed by atoms with Crippen LogP contribution in [-0.2, 0) is 27.5 Å². The summed E-state index contributed by atoms with van der Waals surface area (Å²) >= 11 is 0. The molecule has 15 nitrogen and oxygen atoms in total. The number of nitro groups is 1. The number of allylic oxidation sites excluding steroid dienone is 1. The predicted molar refractivity (Wildman–Crippen MR) is 240 cm³/mol. The monoisotopic (exact) mass is 889 g/mol. The summed E-state index contributed by atoms with van der Waals surface area (Å²) in [5, 5.41) is 36.5. The summed E-state index contributed by atoms with van der Waals surface area (Å²) in [5.41, 5.74) is 3.89. The van der Waals surface area contributed by atoms with Crippen molar-refractivity contribution >= 4 is 17.5 Å². The number of fused-ring (bicyclic) bond motifs is 3. The number of hydrogen-bond acceptors (Lipinski definition) is 13. The van der Waals surface area contributed by atoms with Crippen LogP contribution in [0.1, 0.15) is 67.6 Å². The Kier molecular flexibility index (Phi) is 14.3. The van der Waals surface area contributed by atoms with Gasteiger partial charge in [0.05, 0.1) is 36.3 Å². The molecule has 2 aliphatic heterocycles. The molecule has 342 valence electrons. The molecule has 6 atom stereocenters. The molecule has 4 aromatic rings. The molecule has 2 heterocycles. The number of amides is 1. The fourth-order valence-corrected chi connectivity index (χ4v) is 9.92. The molecule has 2 N–H and O–H groups in total. The number of non-ortho nitro benzene ring substituents is 1. The molecule has 4 aliphatic rings. The number of nitrogens with zero attached hydrogens (tertiary/aromatic N) is 3. The number of aliphatic hydroxyl groups is 2. The molecule has 0 aromatic heterocycles. The van der Waals surface area contributed by atoms with E-state index in [0.717, 1.165) is 47.9 Å². The number of ether oxygens (including phenoxy) is 6. The lowest BCUT2D eigenvalue weighted by Crippen LogP contribution is -2.70. The predicted octanol–water partition coefficient (Wildman–Crippen LogP) is 9.22. The Labute approximate surface area is 377 Å². The van der Waals surface area contributed by atoms with Gasteiger partial charge < -0.3 is 43.5 Å². The van der Waals surface area contributed by atoms with Gasteiger partial charge in [-0.05, 0) is 90.6 Å². The molecule has 0 radical (unpaired) electrons. The van der Waals surface area contributed by atoms with E-state index in [1.165, 1.54) is 19.2 Å². The lowest BCUT2D eigenvalue weighted by Gasteiger charge is -2.59. The van der Waals surface area contributed by atoms with Crippen molar-refractivity contribution in [1.29, 1.82) is 0 Å². The molecule has 1 saturated carbocycles. The zero-order chi connectivity index (χ0) is 45.3. The van der Waals surface area contributed by atoms with Gasteiger partial charge in [0.25, 0.3) is 5.69 Å². The van der Waals surface area contributed by atoms with Gasteiger partial charge in [-0.1, -0.05) is 72.6 Å². The first-order valence-corrected chi connectivity index (χ1v) is 22.2. The molecule has 65 heavy (non-hydrogen) atoms. The molecule has 0 spiro atoms. The second-order valence-corrected chi connectivity index (χ2v) is 16.7. The van der Waals surface area contributed by atoms with Gasteiger partial charge in [-0.3, -0.25) is 15.0 Å². The number of unbranched alkanes of at least 4 members (excludes halogenated alkanes) is 2. The minimum absolute atomic E-state index is 0.0119. The summed E-state index contributed by atoms with van der Waals surface area (Å²) in [7, 11) is 1.34. The average Bonchev–Trinajstić information content (AvgIpc) is 3.80. The number of carbonyl (C=O) groups is 1. The Morgan fingerprint density at radius 2 is 1.69 bits per heavy atom. The Hall–Kier alpha value is -6.42. The number of oxime groups is 1. The molecular weight excluding hydrogens is 835 g/mol. The zero-order valence-corrected chi connectivity index (χ0v) is 36.4. The maximum Gasteiger partial charge on any atom is 0.410 e. The van der Waals surface area contributed by atoms with Crippen LogP contribution in [0.25, 0.3) is 0 Å². The SMILES string of the molecule is C=CCOC12Oc3ccc(Oc4cccc([N+](=O)[O-])c4)cc3C3C(CCCCO)C(CCCCO)C=C(C(=NOCc4ccccc4)CC1N(Cc1ccc4c(c1)OCO4)C(=O)OC)C32. The first kappa shape index (κ1) is 45.2. The fraction of sp³-hybridized carbons (Fsp3) is 0.400.